The summed E-state index contributed by atoms with van der Waals surface area (Å²) in [5.74, 6) is 3.05. The Labute approximate surface area is 230 Å². The van der Waals surface area contributed by atoms with Gasteiger partial charge in [0.1, 0.15) is 5.75 Å². The van der Waals surface area contributed by atoms with Gasteiger partial charge < -0.3 is 19.4 Å². The molecule has 1 aromatic rings. The molecule has 0 unspecified atom stereocenters. The van der Waals surface area contributed by atoms with Crippen molar-refractivity contribution in [1.82, 2.24) is 14.7 Å². The highest BCUT2D eigenvalue weighted by Crippen LogP contribution is 2.45. The van der Waals surface area contributed by atoms with E-state index in [1.807, 2.05) is 9.80 Å². The first-order valence-corrected chi connectivity index (χ1v) is 15.4. The van der Waals surface area contributed by atoms with Crippen molar-refractivity contribution < 1.29 is 14.3 Å². The van der Waals surface area contributed by atoms with Crippen molar-refractivity contribution in [2.45, 2.75) is 110 Å². The third-order valence-electron chi connectivity index (χ3n) is 9.94. The molecule has 0 atom stereocenters. The summed E-state index contributed by atoms with van der Waals surface area (Å²) in [7, 11) is 0. The molecule has 0 N–H and O–H groups in total. The van der Waals surface area contributed by atoms with Gasteiger partial charge in [0.15, 0.2) is 0 Å². The van der Waals surface area contributed by atoms with Gasteiger partial charge in [-0.05, 0) is 113 Å². The van der Waals surface area contributed by atoms with Crippen LogP contribution >= 0.6 is 0 Å². The molecule has 210 valence electrons. The van der Waals surface area contributed by atoms with Gasteiger partial charge in [-0.3, -0.25) is 9.59 Å². The van der Waals surface area contributed by atoms with Gasteiger partial charge >= 0.3 is 0 Å². The lowest BCUT2D eigenvalue weighted by atomic mass is 9.67. The van der Waals surface area contributed by atoms with Crippen molar-refractivity contribution in [3.8, 4) is 5.75 Å². The van der Waals surface area contributed by atoms with E-state index in [2.05, 4.69) is 50.8 Å². The highest BCUT2D eigenvalue weighted by Gasteiger charge is 2.49. The number of benzene rings is 1. The first-order valence-electron chi connectivity index (χ1n) is 15.4. The fourth-order valence-corrected chi connectivity index (χ4v) is 7.62. The van der Waals surface area contributed by atoms with Crippen LogP contribution in [0.1, 0.15) is 96.6 Å². The first kappa shape index (κ1) is 27.5. The molecule has 1 aliphatic carbocycles. The molecule has 38 heavy (non-hydrogen) atoms. The lowest BCUT2D eigenvalue weighted by molar-refractivity contribution is -0.144. The Balaban J connectivity index is 1.33. The van der Waals surface area contributed by atoms with E-state index in [1.54, 1.807) is 0 Å². The highest BCUT2D eigenvalue weighted by atomic mass is 16.5. The SMILES string of the molecule is CC(C)Oc1ccc2c(c1)CN(CCN1CCCCC1=O)C(=O)C21CCN(C2CCC(C(C)C)CC2)CC1. The minimum Gasteiger partial charge on any atom is -0.491 e. The molecule has 0 aromatic heterocycles. The van der Waals surface area contributed by atoms with E-state index < -0.39 is 5.41 Å². The predicted molar refractivity (Wildman–Crippen MR) is 151 cm³/mol. The van der Waals surface area contributed by atoms with Crippen molar-refractivity contribution >= 4 is 11.8 Å². The van der Waals surface area contributed by atoms with Crippen molar-refractivity contribution in [1.29, 1.82) is 0 Å². The van der Waals surface area contributed by atoms with E-state index in [9.17, 15) is 9.59 Å². The summed E-state index contributed by atoms with van der Waals surface area (Å²) in [4.78, 5) is 33.4. The number of ether oxygens (including phenoxy) is 1. The average molecular weight is 524 g/mol. The van der Waals surface area contributed by atoms with Crippen LogP contribution in [0.15, 0.2) is 18.2 Å². The molecule has 1 aromatic carbocycles. The van der Waals surface area contributed by atoms with Crippen molar-refractivity contribution in [3.63, 3.8) is 0 Å². The number of fused-ring (bicyclic) bond motifs is 2. The van der Waals surface area contributed by atoms with Crippen LogP contribution in [0.5, 0.6) is 5.75 Å². The third-order valence-corrected chi connectivity index (χ3v) is 9.94. The van der Waals surface area contributed by atoms with Gasteiger partial charge in [0, 0.05) is 38.6 Å². The van der Waals surface area contributed by atoms with Gasteiger partial charge in [-0.2, -0.15) is 0 Å². The van der Waals surface area contributed by atoms with Gasteiger partial charge in [0.2, 0.25) is 11.8 Å². The van der Waals surface area contributed by atoms with E-state index in [1.165, 1.54) is 36.8 Å². The van der Waals surface area contributed by atoms with Gasteiger partial charge in [-0.1, -0.05) is 19.9 Å². The van der Waals surface area contributed by atoms with Crippen molar-refractivity contribution in [2.75, 3.05) is 32.7 Å². The second kappa shape index (κ2) is 11.6. The zero-order chi connectivity index (χ0) is 26.9. The van der Waals surface area contributed by atoms with Crippen LogP contribution in [-0.4, -0.2) is 71.4 Å². The summed E-state index contributed by atoms with van der Waals surface area (Å²) >= 11 is 0. The Hall–Kier alpha value is -2.08. The standard InChI is InChI=1S/C32H49N3O3/c1-23(2)25-8-10-27(11-9-25)33-17-14-32(15-18-33)29-13-12-28(38-24(3)4)21-26(29)22-35(31(32)37)20-19-34-16-6-5-7-30(34)36/h12-13,21,23-25,27H,5-11,14-20,22H2,1-4H3. The van der Waals surface area contributed by atoms with E-state index in [-0.39, 0.29) is 17.9 Å². The average Bonchev–Trinajstić information content (AvgIpc) is 2.91. The normalized spacial score (nSPS) is 26.4. The molecule has 2 saturated heterocycles. The molecular weight excluding hydrogens is 474 g/mol. The summed E-state index contributed by atoms with van der Waals surface area (Å²) in [5, 5.41) is 0. The molecule has 3 heterocycles. The molecule has 0 bridgehead atoms. The number of piperidine rings is 2. The van der Waals surface area contributed by atoms with Gasteiger partial charge in [-0.25, -0.2) is 0 Å². The summed E-state index contributed by atoms with van der Waals surface area (Å²) in [6.45, 7) is 13.5. The lowest BCUT2D eigenvalue weighted by Crippen LogP contribution is -2.58. The number of hydrogen-bond donors (Lipinski definition) is 0. The summed E-state index contributed by atoms with van der Waals surface area (Å²) in [6, 6.07) is 7.08. The fourth-order valence-electron chi connectivity index (χ4n) is 7.62. The van der Waals surface area contributed by atoms with Crippen molar-refractivity contribution in [2.24, 2.45) is 11.8 Å². The van der Waals surface area contributed by atoms with Crippen LogP contribution in [0.3, 0.4) is 0 Å². The molecule has 1 saturated carbocycles. The summed E-state index contributed by atoms with van der Waals surface area (Å²) in [5.41, 5.74) is 1.98. The maximum absolute atomic E-state index is 14.3. The van der Waals surface area contributed by atoms with Crippen LogP contribution in [0.25, 0.3) is 0 Å². The van der Waals surface area contributed by atoms with E-state index in [4.69, 9.17) is 4.74 Å². The first-order chi connectivity index (χ1) is 18.3. The largest absolute Gasteiger partial charge is 0.491 e. The van der Waals surface area contributed by atoms with Crippen LogP contribution in [-0.2, 0) is 21.5 Å². The lowest BCUT2D eigenvalue weighted by Gasteiger charge is -2.50. The molecule has 2 amide bonds. The Morgan fingerprint density at radius 3 is 2.29 bits per heavy atom. The molecular formula is C32H49N3O3. The highest BCUT2D eigenvalue weighted by molar-refractivity contribution is 5.90. The number of amides is 2. The van der Waals surface area contributed by atoms with Crippen LogP contribution in [0, 0.1) is 11.8 Å². The van der Waals surface area contributed by atoms with Gasteiger partial charge in [-0.15, -0.1) is 0 Å². The molecule has 0 radical (unpaired) electrons. The summed E-state index contributed by atoms with van der Waals surface area (Å²) < 4.78 is 6.04. The number of rotatable bonds is 7. The Morgan fingerprint density at radius 2 is 1.63 bits per heavy atom. The molecule has 1 spiro atoms. The van der Waals surface area contributed by atoms with E-state index in [0.29, 0.717) is 32.1 Å². The number of carbonyl (C=O) groups excluding carboxylic acids is 2. The Kier molecular flexibility index (Phi) is 8.37. The minimum atomic E-state index is -0.457. The molecule has 5 rings (SSSR count). The second-order valence-electron chi connectivity index (χ2n) is 13.0. The molecule has 4 aliphatic rings. The monoisotopic (exact) mass is 523 g/mol. The zero-order valence-corrected chi connectivity index (χ0v) is 24.2. The molecule has 6 nitrogen and oxygen atoms in total. The number of likely N-dealkylation sites (tertiary alicyclic amines) is 2. The van der Waals surface area contributed by atoms with E-state index >= 15 is 0 Å². The zero-order valence-electron chi connectivity index (χ0n) is 24.2. The maximum atomic E-state index is 14.3. The van der Waals surface area contributed by atoms with Crippen LogP contribution < -0.4 is 4.74 Å². The van der Waals surface area contributed by atoms with Crippen LogP contribution in [0.4, 0.5) is 0 Å². The summed E-state index contributed by atoms with van der Waals surface area (Å²) in [6.07, 6.45) is 9.85. The Bertz CT molecular complexity index is 990. The Morgan fingerprint density at radius 1 is 0.921 bits per heavy atom. The van der Waals surface area contributed by atoms with Gasteiger partial charge in [0.05, 0.1) is 11.5 Å². The van der Waals surface area contributed by atoms with Crippen molar-refractivity contribution in [3.05, 3.63) is 29.3 Å². The molecule has 3 aliphatic heterocycles. The topological polar surface area (TPSA) is 53.1 Å². The second-order valence-corrected chi connectivity index (χ2v) is 13.0. The molecule has 6 heteroatoms. The van der Waals surface area contributed by atoms with E-state index in [0.717, 1.165) is 62.9 Å². The van der Waals surface area contributed by atoms with Crippen LogP contribution in [0.2, 0.25) is 0 Å². The fraction of sp³-hybridized carbons (Fsp3) is 0.750. The number of carbonyl (C=O) groups is 2. The number of nitrogens with zero attached hydrogens (tertiary/aromatic N) is 3. The predicted octanol–water partition coefficient (Wildman–Crippen LogP) is 5.38. The number of hydrogen-bond acceptors (Lipinski definition) is 4. The maximum Gasteiger partial charge on any atom is 0.233 e. The quantitative estimate of drug-likeness (QED) is 0.482. The smallest absolute Gasteiger partial charge is 0.233 e. The molecule has 3 fully saturated rings. The minimum absolute atomic E-state index is 0.113. The van der Waals surface area contributed by atoms with Gasteiger partial charge in [0.25, 0.3) is 0 Å². The third kappa shape index (κ3) is 5.61.